The van der Waals surface area contributed by atoms with Crippen molar-refractivity contribution >= 4 is 27.4 Å². The van der Waals surface area contributed by atoms with Crippen LogP contribution in [0.3, 0.4) is 0 Å². The number of carbonyl (C=O) groups is 1. The Balaban J connectivity index is 1.68. The molecule has 10 heteroatoms. The highest BCUT2D eigenvalue weighted by atomic mass is 35.5. The summed E-state index contributed by atoms with van der Waals surface area (Å²) in [6, 6.07) is 3.90. The second kappa shape index (κ2) is 6.82. The molecule has 1 saturated heterocycles. The van der Waals surface area contributed by atoms with Gasteiger partial charge >= 0.3 is 5.97 Å². The Morgan fingerprint density at radius 1 is 1.35 bits per heavy atom. The number of halogens is 1. The molecule has 3 aliphatic rings. The van der Waals surface area contributed by atoms with Crippen molar-refractivity contribution in [1.82, 2.24) is 4.57 Å². The Labute approximate surface area is 183 Å². The molecule has 3 heterocycles. The number of aromatic nitrogens is 1. The number of pyridine rings is 1. The van der Waals surface area contributed by atoms with Gasteiger partial charge in [-0.3, -0.25) is 4.79 Å². The zero-order valence-electron chi connectivity index (χ0n) is 16.7. The molecule has 5 rings (SSSR count). The highest BCUT2D eigenvalue weighted by Gasteiger charge is 2.38. The van der Waals surface area contributed by atoms with E-state index in [0.29, 0.717) is 17.9 Å². The third-order valence-electron chi connectivity index (χ3n) is 6.04. The van der Waals surface area contributed by atoms with Crippen LogP contribution in [0.1, 0.15) is 48.1 Å². The lowest BCUT2D eigenvalue weighted by atomic mass is 9.99. The highest BCUT2D eigenvalue weighted by molar-refractivity contribution is 7.90. The molecule has 1 atom stereocenters. The lowest BCUT2D eigenvalue weighted by molar-refractivity contribution is -0.152. The Bertz CT molecular complexity index is 1290. The topological polar surface area (TPSA) is 112 Å². The summed E-state index contributed by atoms with van der Waals surface area (Å²) in [5, 5.41) is 9.65. The van der Waals surface area contributed by atoms with Crippen LogP contribution < -0.4 is 10.3 Å². The Morgan fingerprint density at radius 3 is 2.65 bits per heavy atom. The molecule has 1 unspecified atom stereocenters. The van der Waals surface area contributed by atoms with Crippen LogP contribution in [0.4, 0.5) is 0 Å². The molecule has 1 aromatic carbocycles. The summed E-state index contributed by atoms with van der Waals surface area (Å²) in [5.41, 5.74) is -0.480. The van der Waals surface area contributed by atoms with E-state index < -0.39 is 38.3 Å². The van der Waals surface area contributed by atoms with E-state index in [1.54, 1.807) is 0 Å². The van der Waals surface area contributed by atoms with Crippen molar-refractivity contribution < 1.29 is 27.8 Å². The molecule has 0 radical (unpaired) electrons. The SMILES string of the molecule is CC1(COc2cc3c(cc2Cl)-c2c(cc(C(=O)O)c(=O)n2C2CC2)CS3(=O)=O)CCO1. The second-order valence-corrected chi connectivity index (χ2v) is 10.9. The van der Waals surface area contributed by atoms with Gasteiger partial charge in [0.25, 0.3) is 5.56 Å². The standard InChI is InChI=1S/C21H20ClNO7S/c1-21(4-5-30-21)10-29-16-8-17-13(7-15(16)22)18-11(9-31(17,27)28)6-14(20(25)26)19(24)23(18)12-2-3-12/h6-8,12H,2-5,9-10H2,1H3,(H,25,26). The van der Waals surface area contributed by atoms with E-state index in [0.717, 1.165) is 19.3 Å². The first kappa shape index (κ1) is 20.5. The number of rotatable bonds is 5. The highest BCUT2D eigenvalue weighted by Crippen LogP contribution is 2.46. The third-order valence-corrected chi connectivity index (χ3v) is 8.03. The lowest BCUT2D eigenvalue weighted by Crippen LogP contribution is -2.45. The largest absolute Gasteiger partial charge is 0.489 e. The third kappa shape index (κ3) is 3.35. The summed E-state index contributed by atoms with van der Waals surface area (Å²) in [7, 11) is -3.80. The molecule has 0 amide bonds. The minimum absolute atomic E-state index is 0.0240. The van der Waals surface area contributed by atoms with Crippen molar-refractivity contribution in [3.8, 4) is 17.0 Å². The number of benzene rings is 1. The van der Waals surface area contributed by atoms with Gasteiger partial charge in [0.1, 0.15) is 23.5 Å². The van der Waals surface area contributed by atoms with Crippen molar-refractivity contribution in [2.45, 2.75) is 48.5 Å². The number of hydrogen-bond donors (Lipinski definition) is 1. The van der Waals surface area contributed by atoms with E-state index in [-0.39, 0.29) is 33.9 Å². The number of carboxylic acids is 1. The molecule has 0 spiro atoms. The molecule has 2 aromatic rings. The number of aromatic carboxylic acids is 1. The Hall–Kier alpha value is -2.36. The normalized spacial score (nSPS) is 23.4. The molecule has 164 valence electrons. The van der Waals surface area contributed by atoms with Crippen LogP contribution in [0.2, 0.25) is 5.02 Å². The quantitative estimate of drug-likeness (QED) is 0.722. The van der Waals surface area contributed by atoms with Crippen LogP contribution in [0, 0.1) is 0 Å². The van der Waals surface area contributed by atoms with E-state index in [1.165, 1.54) is 22.8 Å². The van der Waals surface area contributed by atoms with Gasteiger partial charge < -0.3 is 19.1 Å². The molecule has 1 aromatic heterocycles. The molecule has 31 heavy (non-hydrogen) atoms. The number of hydrogen-bond acceptors (Lipinski definition) is 6. The maximum Gasteiger partial charge on any atom is 0.341 e. The van der Waals surface area contributed by atoms with Gasteiger partial charge in [0, 0.05) is 24.1 Å². The molecule has 0 bridgehead atoms. The van der Waals surface area contributed by atoms with Crippen molar-refractivity contribution in [3.63, 3.8) is 0 Å². The number of fused-ring (bicyclic) bond motifs is 3. The van der Waals surface area contributed by atoms with Gasteiger partial charge in [-0.25, -0.2) is 13.2 Å². The van der Waals surface area contributed by atoms with Crippen LogP contribution in [-0.2, 0) is 20.3 Å². The van der Waals surface area contributed by atoms with Crippen LogP contribution in [0.25, 0.3) is 11.3 Å². The molecule has 1 aliphatic carbocycles. The average molecular weight is 466 g/mol. The fourth-order valence-corrected chi connectivity index (χ4v) is 5.88. The van der Waals surface area contributed by atoms with Gasteiger partial charge in [0.05, 0.1) is 28.0 Å². The number of carboxylic acid groups (broad SMARTS) is 1. The molecule has 1 saturated carbocycles. The van der Waals surface area contributed by atoms with Gasteiger partial charge in [0.2, 0.25) is 0 Å². The minimum Gasteiger partial charge on any atom is -0.489 e. The zero-order valence-corrected chi connectivity index (χ0v) is 18.3. The Morgan fingerprint density at radius 2 is 2.06 bits per heavy atom. The van der Waals surface area contributed by atoms with Crippen LogP contribution >= 0.6 is 11.6 Å². The minimum atomic E-state index is -3.80. The van der Waals surface area contributed by atoms with Gasteiger partial charge in [-0.05, 0) is 37.5 Å². The molecule has 2 aliphatic heterocycles. The number of sulfone groups is 1. The summed E-state index contributed by atoms with van der Waals surface area (Å²) in [4.78, 5) is 24.5. The van der Waals surface area contributed by atoms with Gasteiger partial charge in [-0.1, -0.05) is 11.6 Å². The maximum absolute atomic E-state index is 13.1. The van der Waals surface area contributed by atoms with E-state index in [1.807, 2.05) is 6.92 Å². The summed E-state index contributed by atoms with van der Waals surface area (Å²) in [5.74, 6) is -1.55. The van der Waals surface area contributed by atoms with Crippen LogP contribution in [-0.4, -0.2) is 42.9 Å². The van der Waals surface area contributed by atoms with E-state index >= 15 is 0 Å². The maximum atomic E-state index is 13.1. The molecule has 1 N–H and O–H groups in total. The Kier molecular flexibility index (Phi) is 4.52. The fourth-order valence-electron chi connectivity index (χ4n) is 4.10. The first-order valence-corrected chi connectivity index (χ1v) is 12.0. The number of ether oxygens (including phenoxy) is 2. The van der Waals surface area contributed by atoms with Crippen molar-refractivity contribution in [2.75, 3.05) is 13.2 Å². The first-order valence-electron chi connectivity index (χ1n) is 9.95. The van der Waals surface area contributed by atoms with E-state index in [4.69, 9.17) is 21.1 Å². The second-order valence-electron chi connectivity index (χ2n) is 8.52. The van der Waals surface area contributed by atoms with Crippen molar-refractivity contribution in [1.29, 1.82) is 0 Å². The van der Waals surface area contributed by atoms with E-state index in [9.17, 15) is 23.1 Å². The zero-order chi connectivity index (χ0) is 22.1. The molecular formula is C21H20ClNO7S. The molecular weight excluding hydrogens is 446 g/mol. The predicted molar refractivity (Wildman–Crippen MR) is 112 cm³/mol. The van der Waals surface area contributed by atoms with E-state index in [2.05, 4.69) is 0 Å². The van der Waals surface area contributed by atoms with Gasteiger partial charge in [-0.2, -0.15) is 0 Å². The number of nitrogens with zero attached hydrogens (tertiary/aromatic N) is 1. The lowest BCUT2D eigenvalue weighted by Gasteiger charge is -2.38. The van der Waals surface area contributed by atoms with Crippen LogP contribution in [0.15, 0.2) is 27.9 Å². The monoisotopic (exact) mass is 465 g/mol. The first-order chi connectivity index (χ1) is 14.6. The van der Waals surface area contributed by atoms with Crippen molar-refractivity contribution in [3.05, 3.63) is 44.7 Å². The fraction of sp³-hybridized carbons (Fsp3) is 0.429. The molecule has 2 fully saturated rings. The smallest absolute Gasteiger partial charge is 0.341 e. The van der Waals surface area contributed by atoms with Gasteiger partial charge in [0.15, 0.2) is 9.84 Å². The van der Waals surface area contributed by atoms with Crippen molar-refractivity contribution in [2.24, 2.45) is 0 Å². The van der Waals surface area contributed by atoms with Crippen LogP contribution in [0.5, 0.6) is 5.75 Å². The summed E-state index contributed by atoms with van der Waals surface area (Å²) < 4.78 is 38.9. The summed E-state index contributed by atoms with van der Waals surface area (Å²) in [6.07, 6.45) is 2.29. The molecule has 8 nitrogen and oxygen atoms in total. The average Bonchev–Trinajstić information content (AvgIpc) is 3.49. The predicted octanol–water partition coefficient (Wildman–Crippen LogP) is 3.05. The summed E-state index contributed by atoms with van der Waals surface area (Å²) >= 11 is 6.44. The van der Waals surface area contributed by atoms with Gasteiger partial charge in [-0.15, -0.1) is 0 Å². The summed E-state index contributed by atoms with van der Waals surface area (Å²) in [6.45, 7) is 2.79.